The lowest BCUT2D eigenvalue weighted by molar-refractivity contribution is -0.136. The highest BCUT2D eigenvalue weighted by Crippen LogP contribution is 2.42. The highest BCUT2D eigenvalue weighted by atomic mass is 32.2. The summed E-state index contributed by atoms with van der Waals surface area (Å²) in [4.78, 5) is 18.6. The van der Waals surface area contributed by atoms with E-state index in [1.165, 1.54) is 6.07 Å². The maximum absolute atomic E-state index is 13.3. The molecule has 0 spiro atoms. The first kappa shape index (κ1) is 16.5. The summed E-state index contributed by atoms with van der Waals surface area (Å²) in [6.07, 6.45) is -2.87. The van der Waals surface area contributed by atoms with Gasteiger partial charge in [-0.05, 0) is 12.3 Å². The molecule has 0 fully saturated rings. The summed E-state index contributed by atoms with van der Waals surface area (Å²) in [6.45, 7) is 0. The molecule has 0 saturated carbocycles. The lowest BCUT2D eigenvalue weighted by Crippen LogP contribution is -2.15. The van der Waals surface area contributed by atoms with Crippen LogP contribution in [0.5, 0.6) is 0 Å². The van der Waals surface area contributed by atoms with Crippen LogP contribution in [-0.4, -0.2) is 16.2 Å². The predicted octanol–water partition coefficient (Wildman–Crippen LogP) is 4.26. The summed E-state index contributed by atoms with van der Waals surface area (Å²) in [5, 5.41) is 10.5. The largest absolute Gasteiger partial charge is 0.417 e. The van der Waals surface area contributed by atoms with E-state index in [1.807, 2.05) is 0 Å². The minimum absolute atomic E-state index is 0.0416. The number of alkyl halides is 3. The van der Waals surface area contributed by atoms with Crippen molar-refractivity contribution in [2.75, 3.05) is 6.26 Å². The van der Waals surface area contributed by atoms with E-state index in [0.29, 0.717) is 4.70 Å². The third-order valence-electron chi connectivity index (χ3n) is 3.36. The molecule has 0 unspecified atom stereocenters. The molecule has 0 amide bonds. The van der Waals surface area contributed by atoms with E-state index in [4.69, 9.17) is 0 Å². The van der Waals surface area contributed by atoms with Gasteiger partial charge in [0.25, 0.3) is 5.56 Å². The van der Waals surface area contributed by atoms with Gasteiger partial charge in [0.2, 0.25) is 0 Å². The number of nitrogens with one attached hydrogen (secondary N) is 1. The van der Waals surface area contributed by atoms with E-state index in [0.717, 1.165) is 28.5 Å². The topological polar surface area (TPSA) is 69.5 Å². The number of thiophene rings is 1. The first-order chi connectivity index (χ1) is 11.4. The van der Waals surface area contributed by atoms with Gasteiger partial charge in [0.15, 0.2) is 5.16 Å². The maximum atomic E-state index is 13.3. The Labute approximate surface area is 142 Å². The van der Waals surface area contributed by atoms with Gasteiger partial charge in [-0.3, -0.25) is 4.79 Å². The summed E-state index contributed by atoms with van der Waals surface area (Å²) >= 11 is 2.09. The Balaban J connectivity index is 2.44. The molecule has 4 nitrogen and oxygen atoms in total. The molecule has 9 heteroatoms. The molecule has 2 heterocycles. The zero-order valence-corrected chi connectivity index (χ0v) is 13.7. The lowest BCUT2D eigenvalue weighted by Gasteiger charge is -2.10. The van der Waals surface area contributed by atoms with Gasteiger partial charge in [-0.15, -0.1) is 11.3 Å². The molecule has 2 aromatic heterocycles. The molecular formula is C15H8F3N3OS2. The van der Waals surface area contributed by atoms with Crippen LogP contribution in [0, 0.1) is 11.3 Å². The molecule has 3 rings (SSSR count). The molecule has 0 bridgehead atoms. The Hall–Kier alpha value is -2.31. The van der Waals surface area contributed by atoms with Crippen LogP contribution >= 0.6 is 23.1 Å². The number of thioether (sulfide) groups is 1. The average Bonchev–Trinajstić information content (AvgIpc) is 2.98. The first-order valence-corrected chi connectivity index (χ1v) is 8.63. The van der Waals surface area contributed by atoms with Gasteiger partial charge >= 0.3 is 6.18 Å². The zero-order chi connectivity index (χ0) is 17.5. The fraction of sp³-hybridized carbons (Fsp3) is 0.133. The van der Waals surface area contributed by atoms with Crippen molar-refractivity contribution in [1.82, 2.24) is 9.97 Å². The number of hydrogen-bond donors (Lipinski definition) is 1. The molecule has 0 saturated heterocycles. The van der Waals surface area contributed by atoms with Gasteiger partial charge in [0, 0.05) is 21.0 Å². The zero-order valence-electron chi connectivity index (χ0n) is 12.1. The van der Waals surface area contributed by atoms with E-state index >= 15 is 0 Å². The van der Waals surface area contributed by atoms with Crippen molar-refractivity contribution in [2.45, 2.75) is 11.3 Å². The van der Waals surface area contributed by atoms with Gasteiger partial charge in [-0.2, -0.15) is 18.4 Å². The molecule has 0 aliphatic carbocycles. The number of nitriles is 1. The van der Waals surface area contributed by atoms with E-state index in [2.05, 4.69) is 9.97 Å². The standard InChI is InChI=1S/C15H8F3N3OS2/c1-23-14-20-12(8(5-19)13(22)21-14)7-3-2-4-10-11(7)9(6-24-10)15(16,17)18/h2-4,6H,1H3,(H,20,21,22). The Morgan fingerprint density at radius 2 is 2.12 bits per heavy atom. The summed E-state index contributed by atoms with van der Waals surface area (Å²) in [6, 6.07) is 6.32. The van der Waals surface area contributed by atoms with Crippen molar-refractivity contribution in [2.24, 2.45) is 0 Å². The number of hydrogen-bond acceptors (Lipinski definition) is 5. The van der Waals surface area contributed by atoms with Crippen LogP contribution in [0.15, 0.2) is 33.5 Å². The van der Waals surface area contributed by atoms with Gasteiger partial charge in [-0.1, -0.05) is 23.9 Å². The highest BCUT2D eigenvalue weighted by Gasteiger charge is 2.35. The van der Waals surface area contributed by atoms with Crippen LogP contribution in [0.25, 0.3) is 21.3 Å². The number of rotatable bonds is 2. The van der Waals surface area contributed by atoms with Crippen LogP contribution in [0.2, 0.25) is 0 Å². The van der Waals surface area contributed by atoms with E-state index < -0.39 is 17.3 Å². The second kappa shape index (κ2) is 5.96. The summed E-state index contributed by atoms with van der Waals surface area (Å²) in [5.41, 5.74) is -1.69. The van der Waals surface area contributed by atoms with Crippen molar-refractivity contribution in [3.05, 3.63) is 45.1 Å². The molecular weight excluding hydrogens is 359 g/mol. The van der Waals surface area contributed by atoms with Crippen molar-refractivity contribution < 1.29 is 13.2 Å². The second-order valence-electron chi connectivity index (χ2n) is 4.74. The molecule has 1 N–H and O–H groups in total. The number of aromatic amines is 1. The maximum Gasteiger partial charge on any atom is 0.417 e. The normalized spacial score (nSPS) is 11.6. The third kappa shape index (κ3) is 2.68. The molecule has 24 heavy (non-hydrogen) atoms. The van der Waals surface area contributed by atoms with Crippen molar-refractivity contribution in [3.8, 4) is 17.3 Å². The van der Waals surface area contributed by atoms with Gasteiger partial charge in [-0.25, -0.2) is 4.98 Å². The Morgan fingerprint density at radius 1 is 1.38 bits per heavy atom. The Morgan fingerprint density at radius 3 is 2.75 bits per heavy atom. The Bertz CT molecular complexity index is 1030. The summed E-state index contributed by atoms with van der Waals surface area (Å²) in [7, 11) is 0. The molecule has 122 valence electrons. The molecule has 0 atom stereocenters. The SMILES string of the molecule is CSc1nc(-c2cccc3scc(C(F)(F)F)c23)c(C#N)c(=O)[nH]1. The van der Waals surface area contributed by atoms with E-state index in [-0.39, 0.29) is 27.4 Å². The van der Waals surface area contributed by atoms with Crippen LogP contribution in [0.4, 0.5) is 13.2 Å². The number of halogens is 3. The highest BCUT2D eigenvalue weighted by molar-refractivity contribution is 7.98. The molecule has 0 aliphatic rings. The van der Waals surface area contributed by atoms with Gasteiger partial charge in [0.1, 0.15) is 11.6 Å². The smallest absolute Gasteiger partial charge is 0.300 e. The molecule has 3 aromatic rings. The molecule has 1 aromatic carbocycles. The van der Waals surface area contributed by atoms with Crippen LogP contribution < -0.4 is 5.56 Å². The lowest BCUT2D eigenvalue weighted by atomic mass is 10.0. The van der Waals surface area contributed by atoms with Gasteiger partial charge < -0.3 is 4.98 Å². The van der Waals surface area contributed by atoms with Crippen LogP contribution in [0.1, 0.15) is 11.1 Å². The van der Waals surface area contributed by atoms with E-state index in [9.17, 15) is 23.2 Å². The second-order valence-corrected chi connectivity index (χ2v) is 6.44. The minimum Gasteiger partial charge on any atom is -0.300 e. The fourth-order valence-corrected chi connectivity index (χ4v) is 3.71. The van der Waals surface area contributed by atoms with Crippen molar-refractivity contribution in [3.63, 3.8) is 0 Å². The van der Waals surface area contributed by atoms with E-state index in [1.54, 1.807) is 24.5 Å². The van der Waals surface area contributed by atoms with Crippen molar-refractivity contribution >= 4 is 33.2 Å². The number of nitrogens with zero attached hydrogens (tertiary/aromatic N) is 2. The summed E-state index contributed by atoms with van der Waals surface area (Å²) < 4.78 is 40.3. The van der Waals surface area contributed by atoms with Crippen LogP contribution in [0.3, 0.4) is 0 Å². The number of aromatic nitrogens is 2. The monoisotopic (exact) mass is 367 g/mol. The number of benzene rings is 1. The number of H-pyrrole nitrogens is 1. The summed E-state index contributed by atoms with van der Waals surface area (Å²) in [5.74, 6) is 0. The fourth-order valence-electron chi connectivity index (χ4n) is 2.34. The predicted molar refractivity (Wildman–Crippen MR) is 87.2 cm³/mol. The number of fused-ring (bicyclic) bond motifs is 1. The Kier molecular flexibility index (Phi) is 4.11. The van der Waals surface area contributed by atoms with Gasteiger partial charge in [0.05, 0.1) is 11.3 Å². The molecule has 0 aliphatic heterocycles. The van der Waals surface area contributed by atoms with Crippen LogP contribution in [-0.2, 0) is 6.18 Å². The minimum atomic E-state index is -4.54. The van der Waals surface area contributed by atoms with Crippen molar-refractivity contribution in [1.29, 1.82) is 5.26 Å². The molecule has 0 radical (unpaired) electrons. The first-order valence-electron chi connectivity index (χ1n) is 6.53. The third-order valence-corrected chi connectivity index (χ3v) is 4.89. The quantitative estimate of drug-likeness (QED) is 0.543. The average molecular weight is 367 g/mol.